The predicted molar refractivity (Wildman–Crippen MR) is 80.3 cm³/mol. The standard InChI is InChI=1S/C15H25N5O/c1-11(2)13-16-10-20(17-13)14(21)19-8-6-15(19)5-7-18(9-15)12(3)4/h10-12H,5-9H2,1-4H3/t15-/m1/s1. The van der Waals surface area contributed by atoms with Crippen molar-refractivity contribution in [2.75, 3.05) is 19.6 Å². The largest absolute Gasteiger partial charge is 0.346 e. The molecule has 116 valence electrons. The second-order valence-corrected chi connectivity index (χ2v) is 6.92. The van der Waals surface area contributed by atoms with E-state index in [0.29, 0.717) is 6.04 Å². The fraction of sp³-hybridized carbons (Fsp3) is 0.800. The highest BCUT2D eigenvalue weighted by Crippen LogP contribution is 2.40. The van der Waals surface area contributed by atoms with Crippen molar-refractivity contribution in [1.29, 1.82) is 0 Å². The highest BCUT2D eigenvalue weighted by Gasteiger charge is 2.52. The lowest BCUT2D eigenvalue weighted by molar-refractivity contribution is 0.0275. The minimum atomic E-state index is -0.0220. The first-order chi connectivity index (χ1) is 9.93. The summed E-state index contributed by atoms with van der Waals surface area (Å²) < 4.78 is 1.41. The van der Waals surface area contributed by atoms with Gasteiger partial charge in [-0.05, 0) is 26.7 Å². The SMILES string of the molecule is CC(C)c1ncn(C(=O)N2CC[C@@]23CCN(C(C)C)C3)n1. The summed E-state index contributed by atoms with van der Waals surface area (Å²) in [7, 11) is 0. The maximum absolute atomic E-state index is 12.7. The Bertz CT molecular complexity index is 538. The number of rotatable bonds is 2. The third-order valence-electron chi connectivity index (χ3n) is 4.92. The zero-order chi connectivity index (χ0) is 15.2. The molecule has 0 unspecified atom stereocenters. The van der Waals surface area contributed by atoms with Gasteiger partial charge >= 0.3 is 6.03 Å². The van der Waals surface area contributed by atoms with E-state index in [1.807, 2.05) is 18.7 Å². The van der Waals surface area contributed by atoms with Gasteiger partial charge < -0.3 is 4.90 Å². The van der Waals surface area contributed by atoms with Crippen molar-refractivity contribution in [2.45, 2.75) is 58.0 Å². The summed E-state index contributed by atoms with van der Waals surface area (Å²) in [5.41, 5.74) is 0.0330. The van der Waals surface area contributed by atoms with E-state index in [2.05, 4.69) is 28.8 Å². The van der Waals surface area contributed by atoms with Crippen LogP contribution in [0.4, 0.5) is 4.79 Å². The van der Waals surface area contributed by atoms with Crippen LogP contribution in [0, 0.1) is 0 Å². The second kappa shape index (κ2) is 5.09. The Morgan fingerprint density at radius 3 is 2.43 bits per heavy atom. The van der Waals surface area contributed by atoms with Crippen LogP contribution >= 0.6 is 0 Å². The number of carbonyl (C=O) groups is 1. The van der Waals surface area contributed by atoms with E-state index in [1.54, 1.807) is 6.33 Å². The second-order valence-electron chi connectivity index (χ2n) is 6.92. The van der Waals surface area contributed by atoms with Gasteiger partial charge in [-0.1, -0.05) is 13.8 Å². The molecule has 0 aliphatic carbocycles. The van der Waals surface area contributed by atoms with Gasteiger partial charge in [0.2, 0.25) is 0 Å². The first-order valence-corrected chi connectivity index (χ1v) is 7.90. The molecule has 1 spiro atoms. The highest BCUT2D eigenvalue weighted by molar-refractivity contribution is 5.77. The van der Waals surface area contributed by atoms with Crippen LogP contribution in [0.3, 0.4) is 0 Å². The van der Waals surface area contributed by atoms with Crippen molar-refractivity contribution in [3.8, 4) is 0 Å². The van der Waals surface area contributed by atoms with Gasteiger partial charge in [-0.3, -0.25) is 4.90 Å². The molecule has 1 aromatic rings. The molecule has 21 heavy (non-hydrogen) atoms. The molecule has 2 aliphatic rings. The van der Waals surface area contributed by atoms with Crippen molar-refractivity contribution in [2.24, 2.45) is 0 Å². The zero-order valence-electron chi connectivity index (χ0n) is 13.4. The van der Waals surface area contributed by atoms with Crippen molar-refractivity contribution in [1.82, 2.24) is 24.6 Å². The molecule has 0 aromatic carbocycles. The van der Waals surface area contributed by atoms with Crippen LogP contribution in [0.15, 0.2) is 6.33 Å². The normalized spacial score (nSPS) is 26.1. The average Bonchev–Trinajstić information content (AvgIpc) is 3.06. The van der Waals surface area contributed by atoms with E-state index in [4.69, 9.17) is 0 Å². The third kappa shape index (κ3) is 2.35. The van der Waals surface area contributed by atoms with E-state index < -0.39 is 0 Å². The minimum Gasteiger partial charge on any atom is -0.316 e. The molecule has 1 amide bonds. The molecule has 2 saturated heterocycles. The number of hydrogen-bond acceptors (Lipinski definition) is 4. The van der Waals surface area contributed by atoms with Crippen molar-refractivity contribution in [3.63, 3.8) is 0 Å². The highest BCUT2D eigenvalue weighted by atomic mass is 16.2. The van der Waals surface area contributed by atoms with Gasteiger partial charge in [-0.2, -0.15) is 4.68 Å². The summed E-state index contributed by atoms with van der Waals surface area (Å²) in [6.07, 6.45) is 3.73. The quantitative estimate of drug-likeness (QED) is 0.835. The Hall–Kier alpha value is -1.43. The molecule has 6 heteroatoms. The van der Waals surface area contributed by atoms with E-state index in [9.17, 15) is 4.79 Å². The van der Waals surface area contributed by atoms with Gasteiger partial charge in [-0.25, -0.2) is 9.78 Å². The van der Waals surface area contributed by atoms with Gasteiger partial charge in [0.15, 0.2) is 5.82 Å². The molecule has 6 nitrogen and oxygen atoms in total. The number of carbonyl (C=O) groups excluding carboxylic acids is 1. The molecule has 2 fully saturated rings. The molecule has 2 aliphatic heterocycles. The molecule has 1 atom stereocenters. The summed E-state index contributed by atoms with van der Waals surface area (Å²) >= 11 is 0. The lowest BCUT2D eigenvalue weighted by Crippen LogP contribution is -2.64. The summed E-state index contributed by atoms with van der Waals surface area (Å²) in [4.78, 5) is 21.4. The maximum atomic E-state index is 12.7. The first-order valence-electron chi connectivity index (χ1n) is 7.90. The van der Waals surface area contributed by atoms with Gasteiger partial charge in [0.1, 0.15) is 6.33 Å². The monoisotopic (exact) mass is 291 g/mol. The first kappa shape index (κ1) is 14.5. The number of hydrogen-bond donors (Lipinski definition) is 0. The van der Waals surface area contributed by atoms with Crippen molar-refractivity contribution >= 4 is 6.03 Å². The Labute approximate surface area is 126 Å². The molecule has 0 saturated carbocycles. The number of nitrogens with zero attached hydrogens (tertiary/aromatic N) is 5. The van der Waals surface area contributed by atoms with Crippen molar-refractivity contribution < 1.29 is 4.79 Å². The van der Waals surface area contributed by atoms with E-state index >= 15 is 0 Å². The summed E-state index contributed by atoms with van der Waals surface area (Å²) in [6.45, 7) is 11.4. The van der Waals surface area contributed by atoms with Crippen LogP contribution in [-0.4, -0.2) is 61.8 Å². The molecule has 1 aromatic heterocycles. The molecular formula is C15H25N5O. The molecule has 0 N–H and O–H groups in total. The fourth-order valence-corrected chi connectivity index (χ4v) is 3.35. The van der Waals surface area contributed by atoms with Crippen LogP contribution < -0.4 is 0 Å². The van der Waals surface area contributed by atoms with Crippen molar-refractivity contribution in [3.05, 3.63) is 12.2 Å². The van der Waals surface area contributed by atoms with Crippen LogP contribution in [0.25, 0.3) is 0 Å². The van der Waals surface area contributed by atoms with Crippen LogP contribution in [0.1, 0.15) is 52.3 Å². The minimum absolute atomic E-state index is 0.0220. The molecule has 3 heterocycles. The van der Waals surface area contributed by atoms with Gasteiger partial charge in [0.05, 0.1) is 5.54 Å². The van der Waals surface area contributed by atoms with E-state index in [-0.39, 0.29) is 17.5 Å². The molecule has 0 radical (unpaired) electrons. The van der Waals surface area contributed by atoms with Crippen LogP contribution in [-0.2, 0) is 0 Å². The van der Waals surface area contributed by atoms with Gasteiger partial charge in [-0.15, -0.1) is 5.10 Å². The van der Waals surface area contributed by atoms with Crippen LogP contribution in [0.5, 0.6) is 0 Å². The van der Waals surface area contributed by atoms with Gasteiger partial charge in [0, 0.05) is 31.6 Å². The lowest BCUT2D eigenvalue weighted by Gasteiger charge is -2.50. The molecular weight excluding hydrogens is 266 g/mol. The molecule has 3 rings (SSSR count). The van der Waals surface area contributed by atoms with Gasteiger partial charge in [0.25, 0.3) is 0 Å². The average molecular weight is 291 g/mol. The predicted octanol–water partition coefficient (Wildman–Crippen LogP) is 1.93. The summed E-state index contributed by atoms with van der Waals surface area (Å²) in [5.74, 6) is 0.973. The lowest BCUT2D eigenvalue weighted by atomic mass is 9.84. The Morgan fingerprint density at radius 1 is 1.24 bits per heavy atom. The maximum Gasteiger partial charge on any atom is 0.346 e. The van der Waals surface area contributed by atoms with E-state index in [0.717, 1.165) is 38.3 Å². The topological polar surface area (TPSA) is 54.3 Å². The summed E-state index contributed by atoms with van der Waals surface area (Å²) in [6, 6.07) is 0.520. The van der Waals surface area contributed by atoms with Crippen LogP contribution in [0.2, 0.25) is 0 Å². The Balaban J connectivity index is 1.73. The number of likely N-dealkylation sites (tertiary alicyclic amines) is 2. The number of amides is 1. The smallest absolute Gasteiger partial charge is 0.316 e. The molecule has 0 bridgehead atoms. The van der Waals surface area contributed by atoms with E-state index in [1.165, 1.54) is 4.68 Å². The Kier molecular flexibility index (Phi) is 3.51. The third-order valence-corrected chi connectivity index (χ3v) is 4.92. The fourth-order valence-electron chi connectivity index (χ4n) is 3.35. The zero-order valence-corrected chi connectivity index (χ0v) is 13.4. The number of aromatic nitrogens is 3. The summed E-state index contributed by atoms with van der Waals surface area (Å²) in [5, 5.41) is 4.32. The Morgan fingerprint density at radius 2 is 1.95 bits per heavy atom.